The van der Waals surface area contributed by atoms with Crippen LogP contribution >= 0.6 is 15.9 Å². The lowest BCUT2D eigenvalue weighted by Gasteiger charge is -2.13. The molecular formula is C13H16BrN3O2. The zero-order valence-electron chi connectivity index (χ0n) is 10.6. The first-order valence-electron chi connectivity index (χ1n) is 5.83. The number of ether oxygens (including phenoxy) is 1. The molecule has 0 spiro atoms. The van der Waals surface area contributed by atoms with Gasteiger partial charge in [-0.3, -0.25) is 4.79 Å². The smallest absolute Gasteiger partial charge is 0.241 e. The van der Waals surface area contributed by atoms with Crippen molar-refractivity contribution in [1.82, 2.24) is 0 Å². The van der Waals surface area contributed by atoms with Gasteiger partial charge in [-0.25, -0.2) is 0 Å². The fourth-order valence-corrected chi connectivity index (χ4v) is 1.97. The number of nitrogens with zero attached hydrogens (tertiary/aromatic N) is 1. The molecule has 6 heteroatoms. The lowest BCUT2D eigenvalue weighted by molar-refractivity contribution is -0.117. The molecule has 1 atom stereocenters. The van der Waals surface area contributed by atoms with Crippen LogP contribution in [0.2, 0.25) is 0 Å². The predicted molar refractivity (Wildman–Crippen MR) is 76.6 cm³/mol. The van der Waals surface area contributed by atoms with Crippen LogP contribution in [-0.4, -0.2) is 25.7 Å². The molecule has 3 N–H and O–H groups in total. The topological polar surface area (TPSA) is 88.1 Å². The van der Waals surface area contributed by atoms with E-state index in [2.05, 4.69) is 21.2 Å². The lowest BCUT2D eigenvalue weighted by atomic mass is 10.1. The Bertz CT molecular complexity index is 485. The zero-order valence-corrected chi connectivity index (χ0v) is 12.2. The number of carbonyl (C=O) groups is 1. The molecule has 1 rings (SSSR count). The molecular weight excluding hydrogens is 310 g/mol. The van der Waals surface area contributed by atoms with Crippen molar-refractivity contribution >= 4 is 27.5 Å². The van der Waals surface area contributed by atoms with Gasteiger partial charge < -0.3 is 15.8 Å². The van der Waals surface area contributed by atoms with E-state index in [0.717, 1.165) is 6.42 Å². The van der Waals surface area contributed by atoms with E-state index in [9.17, 15) is 4.79 Å². The summed E-state index contributed by atoms with van der Waals surface area (Å²) in [5.74, 6) is -0.249. The lowest BCUT2D eigenvalue weighted by Crippen LogP contribution is -2.35. The molecule has 0 bridgehead atoms. The van der Waals surface area contributed by atoms with Crippen LogP contribution in [-0.2, 0) is 9.53 Å². The van der Waals surface area contributed by atoms with Crippen LogP contribution in [0.15, 0.2) is 22.7 Å². The molecule has 102 valence electrons. The van der Waals surface area contributed by atoms with Crippen molar-refractivity contribution in [2.75, 3.05) is 19.0 Å². The van der Waals surface area contributed by atoms with E-state index in [1.807, 2.05) is 6.07 Å². The van der Waals surface area contributed by atoms with Gasteiger partial charge in [-0.05, 0) is 47.0 Å². The molecule has 1 amide bonds. The highest BCUT2D eigenvalue weighted by molar-refractivity contribution is 9.10. The van der Waals surface area contributed by atoms with Crippen LogP contribution in [0.4, 0.5) is 5.69 Å². The Kier molecular flexibility index (Phi) is 6.50. The number of nitrogens with two attached hydrogens (primary N) is 1. The van der Waals surface area contributed by atoms with Crippen molar-refractivity contribution in [3.8, 4) is 6.07 Å². The number of rotatable bonds is 6. The minimum absolute atomic E-state index is 0.249. The van der Waals surface area contributed by atoms with Crippen LogP contribution in [0.1, 0.15) is 18.4 Å². The van der Waals surface area contributed by atoms with E-state index in [-0.39, 0.29) is 5.91 Å². The molecule has 19 heavy (non-hydrogen) atoms. The maximum Gasteiger partial charge on any atom is 0.241 e. The molecule has 0 aliphatic rings. The molecule has 0 aliphatic heterocycles. The quantitative estimate of drug-likeness (QED) is 0.783. The summed E-state index contributed by atoms with van der Waals surface area (Å²) in [7, 11) is 1.61. The van der Waals surface area contributed by atoms with Gasteiger partial charge in [0.15, 0.2) is 0 Å². The van der Waals surface area contributed by atoms with Crippen LogP contribution in [0.3, 0.4) is 0 Å². The Labute approximate surface area is 120 Å². The second-order valence-corrected chi connectivity index (χ2v) is 4.89. The second kappa shape index (κ2) is 7.89. The highest BCUT2D eigenvalue weighted by Crippen LogP contribution is 2.23. The maximum absolute atomic E-state index is 11.9. The van der Waals surface area contributed by atoms with Crippen molar-refractivity contribution in [2.45, 2.75) is 18.9 Å². The van der Waals surface area contributed by atoms with Gasteiger partial charge in [-0.2, -0.15) is 5.26 Å². The monoisotopic (exact) mass is 325 g/mol. The van der Waals surface area contributed by atoms with Crippen molar-refractivity contribution in [1.29, 1.82) is 5.26 Å². The Morgan fingerprint density at radius 3 is 2.95 bits per heavy atom. The van der Waals surface area contributed by atoms with Gasteiger partial charge in [0.2, 0.25) is 5.91 Å². The number of nitriles is 1. The van der Waals surface area contributed by atoms with Crippen LogP contribution in [0.25, 0.3) is 0 Å². The maximum atomic E-state index is 11.9. The van der Waals surface area contributed by atoms with Gasteiger partial charge in [0.05, 0.1) is 23.4 Å². The van der Waals surface area contributed by atoms with E-state index in [0.29, 0.717) is 28.8 Å². The number of anilines is 1. The predicted octanol–water partition coefficient (Wildman–Crippen LogP) is 2.01. The van der Waals surface area contributed by atoms with Crippen molar-refractivity contribution in [3.05, 3.63) is 28.2 Å². The third-order valence-electron chi connectivity index (χ3n) is 2.56. The van der Waals surface area contributed by atoms with E-state index in [1.54, 1.807) is 25.3 Å². The van der Waals surface area contributed by atoms with E-state index < -0.39 is 6.04 Å². The molecule has 0 heterocycles. The van der Waals surface area contributed by atoms with Gasteiger partial charge in [0.25, 0.3) is 0 Å². The molecule has 1 unspecified atom stereocenters. The van der Waals surface area contributed by atoms with E-state index in [4.69, 9.17) is 15.7 Å². The Hall–Kier alpha value is -1.42. The Morgan fingerprint density at radius 1 is 1.63 bits per heavy atom. The molecule has 1 aromatic rings. The molecule has 0 fully saturated rings. The minimum atomic E-state index is -0.572. The second-order valence-electron chi connectivity index (χ2n) is 4.04. The first-order valence-corrected chi connectivity index (χ1v) is 6.62. The van der Waals surface area contributed by atoms with Gasteiger partial charge in [-0.15, -0.1) is 0 Å². The van der Waals surface area contributed by atoms with E-state index in [1.165, 1.54) is 0 Å². The number of methoxy groups -OCH3 is 1. The number of hydrogen-bond donors (Lipinski definition) is 2. The highest BCUT2D eigenvalue weighted by Gasteiger charge is 2.14. The summed E-state index contributed by atoms with van der Waals surface area (Å²) in [6.45, 7) is 0.585. The SMILES string of the molecule is COCCCC(N)C(=O)Nc1ccc(C#N)cc1Br. The summed E-state index contributed by atoms with van der Waals surface area (Å²) >= 11 is 3.30. The third kappa shape index (κ3) is 4.99. The van der Waals surface area contributed by atoms with Crippen LogP contribution in [0, 0.1) is 11.3 Å². The minimum Gasteiger partial charge on any atom is -0.385 e. The van der Waals surface area contributed by atoms with Crippen molar-refractivity contribution < 1.29 is 9.53 Å². The van der Waals surface area contributed by atoms with Crippen LogP contribution in [0.5, 0.6) is 0 Å². The van der Waals surface area contributed by atoms with Crippen molar-refractivity contribution in [3.63, 3.8) is 0 Å². The first-order chi connectivity index (χ1) is 9.08. The average molecular weight is 326 g/mol. The number of hydrogen-bond acceptors (Lipinski definition) is 4. The van der Waals surface area contributed by atoms with Crippen LogP contribution < -0.4 is 11.1 Å². The third-order valence-corrected chi connectivity index (χ3v) is 3.21. The van der Waals surface area contributed by atoms with Gasteiger partial charge >= 0.3 is 0 Å². The average Bonchev–Trinajstić information content (AvgIpc) is 2.41. The summed E-state index contributed by atoms with van der Waals surface area (Å²) in [6.07, 6.45) is 1.30. The Morgan fingerprint density at radius 2 is 2.37 bits per heavy atom. The number of carbonyl (C=O) groups excluding carboxylic acids is 1. The summed E-state index contributed by atoms with van der Waals surface area (Å²) in [5, 5.41) is 11.5. The normalized spacial score (nSPS) is 11.7. The summed E-state index contributed by atoms with van der Waals surface area (Å²) < 4.78 is 5.57. The summed E-state index contributed by atoms with van der Waals surface area (Å²) in [6, 6.07) is 6.40. The molecule has 0 aliphatic carbocycles. The number of nitrogens with one attached hydrogen (secondary N) is 1. The largest absolute Gasteiger partial charge is 0.385 e. The zero-order chi connectivity index (χ0) is 14.3. The fraction of sp³-hybridized carbons (Fsp3) is 0.385. The van der Waals surface area contributed by atoms with E-state index >= 15 is 0 Å². The molecule has 1 aromatic carbocycles. The Balaban J connectivity index is 2.59. The number of halogens is 1. The molecule has 0 radical (unpaired) electrons. The standard InChI is InChI=1S/C13H16BrN3O2/c1-19-6-2-3-11(16)13(18)17-12-5-4-9(8-15)7-10(12)14/h4-5,7,11H,2-3,6,16H2,1H3,(H,17,18). The molecule has 5 nitrogen and oxygen atoms in total. The molecule has 0 aromatic heterocycles. The van der Waals surface area contributed by atoms with Gasteiger partial charge in [0.1, 0.15) is 0 Å². The highest BCUT2D eigenvalue weighted by atomic mass is 79.9. The van der Waals surface area contributed by atoms with Crippen molar-refractivity contribution in [2.24, 2.45) is 5.73 Å². The van der Waals surface area contributed by atoms with Gasteiger partial charge in [0, 0.05) is 18.2 Å². The molecule has 0 saturated heterocycles. The summed E-state index contributed by atoms with van der Waals surface area (Å²) in [5.41, 5.74) is 6.90. The first kappa shape index (κ1) is 15.6. The number of benzene rings is 1. The number of amides is 1. The fourth-order valence-electron chi connectivity index (χ4n) is 1.49. The van der Waals surface area contributed by atoms with Gasteiger partial charge in [-0.1, -0.05) is 0 Å². The molecule has 0 saturated carbocycles. The summed E-state index contributed by atoms with van der Waals surface area (Å²) in [4.78, 5) is 11.9.